The zero-order valence-corrected chi connectivity index (χ0v) is 11.3. The van der Waals surface area contributed by atoms with E-state index in [-0.39, 0.29) is 28.8 Å². The zero-order valence-electron chi connectivity index (χ0n) is 9.73. The maximum absolute atomic E-state index is 13.7. The van der Waals surface area contributed by atoms with Crippen LogP contribution in [0.4, 0.5) is 4.39 Å². The van der Waals surface area contributed by atoms with Crippen LogP contribution in [-0.4, -0.2) is 35.4 Å². The molecule has 3 N–H and O–H groups in total. The average molecular weight is 318 g/mol. The number of hydrogen-bond donors (Lipinski definition) is 2. The number of nitrogens with zero attached hydrogens (tertiary/aromatic N) is 2. The van der Waals surface area contributed by atoms with E-state index >= 15 is 0 Å². The van der Waals surface area contributed by atoms with E-state index in [1.165, 1.54) is 24.1 Å². The van der Waals surface area contributed by atoms with Crippen LogP contribution in [0.5, 0.6) is 0 Å². The minimum atomic E-state index is -0.599. The van der Waals surface area contributed by atoms with Gasteiger partial charge in [0.25, 0.3) is 5.91 Å². The molecule has 5 nitrogen and oxygen atoms in total. The summed E-state index contributed by atoms with van der Waals surface area (Å²) >= 11 is 3.02. The van der Waals surface area contributed by atoms with E-state index in [4.69, 9.17) is 10.9 Å². The van der Waals surface area contributed by atoms with Crippen molar-refractivity contribution in [3.63, 3.8) is 0 Å². The number of hydrogen-bond acceptors (Lipinski definition) is 3. The summed E-state index contributed by atoms with van der Waals surface area (Å²) in [7, 11) is 1.52. The Morgan fingerprint density at radius 1 is 1.61 bits per heavy atom. The molecule has 98 valence electrons. The highest BCUT2D eigenvalue weighted by Gasteiger charge is 2.17. The van der Waals surface area contributed by atoms with Crippen molar-refractivity contribution in [3.05, 3.63) is 34.1 Å². The molecule has 0 radical (unpaired) electrons. The SMILES string of the molecule is CN(CC/C(N)=N/O)C(=O)c1cccc(Br)c1F. The van der Waals surface area contributed by atoms with Crippen LogP contribution in [0.2, 0.25) is 0 Å². The van der Waals surface area contributed by atoms with Crippen LogP contribution in [0.1, 0.15) is 16.8 Å². The molecule has 1 aromatic carbocycles. The molecule has 0 aliphatic rings. The number of amides is 1. The first-order valence-corrected chi connectivity index (χ1v) is 5.92. The van der Waals surface area contributed by atoms with Gasteiger partial charge in [0.1, 0.15) is 11.7 Å². The Balaban J connectivity index is 2.78. The summed E-state index contributed by atoms with van der Waals surface area (Å²) in [6.07, 6.45) is 0.217. The Morgan fingerprint density at radius 3 is 2.89 bits per heavy atom. The van der Waals surface area contributed by atoms with E-state index < -0.39 is 11.7 Å². The first-order valence-electron chi connectivity index (χ1n) is 5.13. The molecule has 0 heterocycles. The molecule has 0 unspecified atom stereocenters. The fourth-order valence-corrected chi connectivity index (χ4v) is 1.67. The second-order valence-electron chi connectivity index (χ2n) is 3.67. The van der Waals surface area contributed by atoms with Crippen molar-refractivity contribution in [2.24, 2.45) is 10.9 Å². The first-order chi connectivity index (χ1) is 8.47. The second-order valence-corrected chi connectivity index (χ2v) is 4.52. The third kappa shape index (κ3) is 3.43. The van der Waals surface area contributed by atoms with Crippen LogP contribution >= 0.6 is 15.9 Å². The summed E-state index contributed by atoms with van der Waals surface area (Å²) in [6, 6.07) is 4.50. The minimum Gasteiger partial charge on any atom is -0.409 e. The van der Waals surface area contributed by atoms with Crippen molar-refractivity contribution < 1.29 is 14.4 Å². The lowest BCUT2D eigenvalue weighted by molar-refractivity contribution is 0.0793. The van der Waals surface area contributed by atoms with Gasteiger partial charge in [-0.2, -0.15) is 0 Å². The maximum Gasteiger partial charge on any atom is 0.256 e. The third-order valence-corrected chi connectivity index (χ3v) is 2.97. The molecular weight excluding hydrogens is 305 g/mol. The molecule has 1 amide bonds. The lowest BCUT2D eigenvalue weighted by Crippen LogP contribution is -2.31. The van der Waals surface area contributed by atoms with Crippen LogP contribution in [0.25, 0.3) is 0 Å². The zero-order chi connectivity index (χ0) is 13.7. The monoisotopic (exact) mass is 317 g/mol. The third-order valence-electron chi connectivity index (χ3n) is 2.36. The van der Waals surface area contributed by atoms with Gasteiger partial charge < -0.3 is 15.8 Å². The number of carbonyl (C=O) groups is 1. The Labute approximate surface area is 112 Å². The number of benzene rings is 1. The van der Waals surface area contributed by atoms with E-state index in [0.717, 1.165) is 0 Å². The van der Waals surface area contributed by atoms with Gasteiger partial charge in [0.2, 0.25) is 0 Å². The topological polar surface area (TPSA) is 78.9 Å². The number of rotatable bonds is 4. The van der Waals surface area contributed by atoms with Gasteiger partial charge in [-0.05, 0) is 28.1 Å². The largest absolute Gasteiger partial charge is 0.409 e. The fourth-order valence-electron chi connectivity index (χ4n) is 1.31. The minimum absolute atomic E-state index is 0.0179. The lowest BCUT2D eigenvalue weighted by Gasteiger charge is -2.17. The quantitative estimate of drug-likeness (QED) is 0.384. The van der Waals surface area contributed by atoms with E-state index in [1.807, 2.05) is 0 Å². The van der Waals surface area contributed by atoms with Crippen LogP contribution in [-0.2, 0) is 0 Å². The van der Waals surface area contributed by atoms with Crippen LogP contribution in [0, 0.1) is 5.82 Å². The first kappa shape index (κ1) is 14.4. The fraction of sp³-hybridized carbons (Fsp3) is 0.273. The molecule has 0 saturated carbocycles. The van der Waals surface area contributed by atoms with Gasteiger partial charge in [-0.3, -0.25) is 4.79 Å². The Bertz CT molecular complexity index is 479. The average Bonchev–Trinajstić information content (AvgIpc) is 2.37. The van der Waals surface area contributed by atoms with Gasteiger partial charge in [0.05, 0.1) is 10.0 Å². The predicted octanol–water partition coefficient (Wildman–Crippen LogP) is 1.80. The normalized spacial score (nSPS) is 11.4. The van der Waals surface area contributed by atoms with Gasteiger partial charge >= 0.3 is 0 Å². The molecule has 0 aliphatic heterocycles. The molecule has 1 aromatic rings. The number of amidine groups is 1. The van der Waals surface area contributed by atoms with Crippen LogP contribution in [0.3, 0.4) is 0 Å². The molecule has 0 bridgehead atoms. The smallest absolute Gasteiger partial charge is 0.256 e. The number of nitrogens with two attached hydrogens (primary N) is 1. The molecule has 0 atom stereocenters. The van der Waals surface area contributed by atoms with Gasteiger partial charge in [-0.1, -0.05) is 11.2 Å². The Hall–Kier alpha value is -1.63. The lowest BCUT2D eigenvalue weighted by atomic mass is 10.2. The van der Waals surface area contributed by atoms with E-state index in [9.17, 15) is 9.18 Å². The summed E-state index contributed by atoms with van der Waals surface area (Å²) in [6.45, 7) is 0.237. The predicted molar refractivity (Wildman–Crippen MR) is 69.1 cm³/mol. The highest BCUT2D eigenvalue weighted by atomic mass is 79.9. The molecule has 7 heteroatoms. The Kier molecular flexibility index (Phi) is 5.08. The Morgan fingerprint density at radius 2 is 2.28 bits per heavy atom. The molecule has 18 heavy (non-hydrogen) atoms. The molecule has 0 saturated heterocycles. The highest BCUT2D eigenvalue weighted by molar-refractivity contribution is 9.10. The van der Waals surface area contributed by atoms with Crippen molar-refractivity contribution in [1.82, 2.24) is 4.90 Å². The summed E-state index contributed by atoms with van der Waals surface area (Å²) in [5.74, 6) is -1.04. The summed E-state index contributed by atoms with van der Waals surface area (Å²) in [4.78, 5) is 13.2. The van der Waals surface area contributed by atoms with Crippen molar-refractivity contribution in [1.29, 1.82) is 0 Å². The van der Waals surface area contributed by atoms with E-state index in [1.54, 1.807) is 6.07 Å². The molecule has 0 aliphatic carbocycles. The molecular formula is C11H13BrFN3O2. The van der Waals surface area contributed by atoms with Gasteiger partial charge in [0, 0.05) is 20.0 Å². The number of halogens is 2. The summed E-state index contributed by atoms with van der Waals surface area (Å²) in [5.41, 5.74) is 5.27. The number of carbonyl (C=O) groups excluding carboxylic acids is 1. The standard InChI is InChI=1S/C11H13BrFN3O2/c1-16(6-5-9(14)15-18)11(17)7-3-2-4-8(12)10(7)13/h2-4,18H,5-6H2,1H3,(H2,14,15). The van der Waals surface area contributed by atoms with E-state index in [0.29, 0.717) is 0 Å². The number of oxime groups is 1. The van der Waals surface area contributed by atoms with Gasteiger partial charge in [0.15, 0.2) is 0 Å². The molecule has 0 fully saturated rings. The van der Waals surface area contributed by atoms with Crippen molar-refractivity contribution in [3.8, 4) is 0 Å². The van der Waals surface area contributed by atoms with Crippen LogP contribution in [0.15, 0.2) is 27.8 Å². The van der Waals surface area contributed by atoms with Crippen molar-refractivity contribution >= 4 is 27.7 Å². The molecule has 1 rings (SSSR count). The van der Waals surface area contributed by atoms with Gasteiger partial charge in [-0.25, -0.2) is 4.39 Å². The summed E-state index contributed by atoms with van der Waals surface area (Å²) < 4.78 is 13.9. The summed E-state index contributed by atoms with van der Waals surface area (Å²) in [5, 5.41) is 11.2. The van der Waals surface area contributed by atoms with Crippen molar-refractivity contribution in [2.75, 3.05) is 13.6 Å². The second kappa shape index (κ2) is 6.34. The molecule has 0 spiro atoms. The maximum atomic E-state index is 13.7. The van der Waals surface area contributed by atoms with E-state index in [2.05, 4.69) is 21.1 Å². The van der Waals surface area contributed by atoms with Crippen molar-refractivity contribution in [2.45, 2.75) is 6.42 Å². The van der Waals surface area contributed by atoms with Gasteiger partial charge in [-0.15, -0.1) is 0 Å². The van der Waals surface area contributed by atoms with Crippen LogP contribution < -0.4 is 5.73 Å². The molecule has 0 aromatic heterocycles. The highest BCUT2D eigenvalue weighted by Crippen LogP contribution is 2.19.